The van der Waals surface area contributed by atoms with Crippen LogP contribution in [0.1, 0.15) is 16.1 Å². The second kappa shape index (κ2) is 6.19. The van der Waals surface area contributed by atoms with Gasteiger partial charge >= 0.3 is 0 Å². The Bertz CT molecular complexity index is 730. The van der Waals surface area contributed by atoms with Crippen LogP contribution in [0.2, 0.25) is 0 Å². The van der Waals surface area contributed by atoms with E-state index in [0.717, 1.165) is 0 Å². The number of aromatic amines is 1. The normalized spacial score (nSPS) is 10.5. The highest BCUT2D eigenvalue weighted by Crippen LogP contribution is 2.10. The van der Waals surface area contributed by atoms with E-state index in [4.69, 9.17) is 0 Å². The smallest absolute Gasteiger partial charge is 0.268 e. The zero-order valence-electron chi connectivity index (χ0n) is 10.5. The average molecular weight is 287 g/mol. The lowest BCUT2D eigenvalue weighted by molar-refractivity contribution is -0.384. The summed E-state index contributed by atoms with van der Waals surface area (Å²) >= 11 is 0. The lowest BCUT2D eigenvalue weighted by Gasteiger charge is -1.97. The van der Waals surface area contributed by atoms with Gasteiger partial charge in [0, 0.05) is 18.2 Å². The number of nitrogens with one attached hydrogen (secondary N) is 2. The zero-order valence-corrected chi connectivity index (χ0v) is 10.5. The van der Waals surface area contributed by atoms with Crippen LogP contribution in [0.5, 0.6) is 0 Å². The average Bonchev–Trinajstić information content (AvgIpc) is 2.48. The number of rotatable bonds is 4. The number of hydrogen-bond donors (Lipinski definition) is 2. The van der Waals surface area contributed by atoms with Crippen LogP contribution in [0, 0.1) is 10.1 Å². The van der Waals surface area contributed by atoms with Crippen molar-refractivity contribution in [3.05, 3.63) is 68.1 Å². The minimum atomic E-state index is -0.593. The van der Waals surface area contributed by atoms with Gasteiger partial charge in [-0.05, 0) is 23.8 Å². The standard InChI is InChI=1S/C12H9N5O4/c18-11-6-5-10(14-15-11)12(19)16-13-7-8-1-3-9(4-2-8)17(20)21/h1-7H,(H,15,18)(H,16,19)/b13-7+. The largest absolute Gasteiger partial charge is 0.291 e. The zero-order chi connectivity index (χ0) is 15.2. The Morgan fingerprint density at radius 2 is 2.00 bits per heavy atom. The number of amides is 1. The number of H-pyrrole nitrogens is 1. The quantitative estimate of drug-likeness (QED) is 0.478. The van der Waals surface area contributed by atoms with Crippen molar-refractivity contribution in [3.8, 4) is 0 Å². The third kappa shape index (κ3) is 3.80. The summed E-state index contributed by atoms with van der Waals surface area (Å²) in [5, 5.41) is 19.8. The molecule has 0 aliphatic carbocycles. The molecule has 0 saturated heterocycles. The molecule has 0 aliphatic heterocycles. The second-order valence-electron chi connectivity index (χ2n) is 3.85. The van der Waals surface area contributed by atoms with Crippen LogP contribution >= 0.6 is 0 Å². The van der Waals surface area contributed by atoms with Gasteiger partial charge in [0.25, 0.3) is 17.2 Å². The molecule has 0 bridgehead atoms. The predicted molar refractivity (Wildman–Crippen MR) is 73.0 cm³/mol. The summed E-state index contributed by atoms with van der Waals surface area (Å²) in [6, 6.07) is 8.06. The SMILES string of the molecule is O=C(N/N=C/c1ccc([N+](=O)[O-])cc1)c1ccc(=O)[nH]n1. The topological polar surface area (TPSA) is 130 Å². The lowest BCUT2D eigenvalue weighted by atomic mass is 10.2. The maximum Gasteiger partial charge on any atom is 0.291 e. The predicted octanol–water partition coefficient (Wildman–Crippen LogP) is 0.442. The van der Waals surface area contributed by atoms with Crippen LogP contribution in [-0.2, 0) is 0 Å². The Hall–Kier alpha value is -3.36. The molecule has 0 unspecified atom stereocenters. The van der Waals surface area contributed by atoms with Gasteiger partial charge in [-0.15, -0.1) is 0 Å². The molecule has 106 valence electrons. The number of hydrazone groups is 1. The molecule has 1 aromatic carbocycles. The molecule has 1 amide bonds. The first-order chi connectivity index (χ1) is 10.1. The highest BCUT2D eigenvalue weighted by atomic mass is 16.6. The van der Waals surface area contributed by atoms with Gasteiger partial charge in [0.15, 0.2) is 5.69 Å². The number of nitro groups is 1. The van der Waals surface area contributed by atoms with Crippen molar-refractivity contribution in [2.75, 3.05) is 0 Å². The number of nitro benzene ring substituents is 1. The Morgan fingerprint density at radius 1 is 1.29 bits per heavy atom. The summed E-state index contributed by atoms with van der Waals surface area (Å²) in [5.74, 6) is -0.593. The van der Waals surface area contributed by atoms with E-state index in [1.807, 2.05) is 0 Å². The fourth-order valence-electron chi connectivity index (χ4n) is 1.38. The van der Waals surface area contributed by atoms with Gasteiger partial charge in [0.2, 0.25) is 0 Å². The van der Waals surface area contributed by atoms with Crippen LogP contribution in [0.15, 0.2) is 46.3 Å². The molecule has 9 heteroatoms. The minimum Gasteiger partial charge on any atom is -0.268 e. The summed E-state index contributed by atoms with van der Waals surface area (Å²) in [6.45, 7) is 0. The van der Waals surface area contributed by atoms with Gasteiger partial charge < -0.3 is 0 Å². The van der Waals surface area contributed by atoms with E-state index in [-0.39, 0.29) is 11.4 Å². The van der Waals surface area contributed by atoms with E-state index in [0.29, 0.717) is 5.56 Å². The second-order valence-corrected chi connectivity index (χ2v) is 3.85. The molecule has 2 aromatic rings. The molecule has 0 aliphatic rings. The number of nitrogens with zero attached hydrogens (tertiary/aromatic N) is 3. The maximum absolute atomic E-state index is 11.6. The van der Waals surface area contributed by atoms with Gasteiger partial charge in [0.05, 0.1) is 11.1 Å². The summed E-state index contributed by atoms with van der Waals surface area (Å²) in [4.78, 5) is 32.4. The first-order valence-electron chi connectivity index (χ1n) is 5.70. The van der Waals surface area contributed by atoms with Crippen LogP contribution in [0.3, 0.4) is 0 Å². The number of non-ortho nitro benzene ring substituents is 1. The molecule has 0 spiro atoms. The van der Waals surface area contributed by atoms with E-state index >= 15 is 0 Å². The van der Waals surface area contributed by atoms with E-state index in [1.165, 1.54) is 42.6 Å². The number of carbonyl (C=O) groups excluding carboxylic acids is 1. The molecule has 1 heterocycles. The summed E-state index contributed by atoms with van der Waals surface area (Å²) in [6.07, 6.45) is 1.33. The Morgan fingerprint density at radius 3 is 2.57 bits per heavy atom. The van der Waals surface area contributed by atoms with Crippen LogP contribution < -0.4 is 11.0 Å². The fourth-order valence-corrected chi connectivity index (χ4v) is 1.38. The summed E-state index contributed by atoms with van der Waals surface area (Å²) in [7, 11) is 0. The Balaban J connectivity index is 1.98. The molecule has 0 atom stereocenters. The van der Waals surface area contributed by atoms with E-state index < -0.39 is 16.4 Å². The molecule has 0 fully saturated rings. The van der Waals surface area contributed by atoms with Crippen LogP contribution in [0.25, 0.3) is 0 Å². The number of hydrogen-bond acceptors (Lipinski definition) is 6. The first kappa shape index (κ1) is 14.1. The van der Waals surface area contributed by atoms with Gasteiger partial charge in [-0.25, -0.2) is 10.5 Å². The van der Waals surface area contributed by atoms with Crippen molar-refractivity contribution >= 4 is 17.8 Å². The van der Waals surface area contributed by atoms with Gasteiger partial charge in [-0.3, -0.25) is 19.7 Å². The number of carbonyl (C=O) groups is 1. The third-order valence-corrected chi connectivity index (χ3v) is 2.40. The van der Waals surface area contributed by atoms with E-state index in [2.05, 4.69) is 20.7 Å². The number of benzene rings is 1. The fraction of sp³-hybridized carbons (Fsp3) is 0. The van der Waals surface area contributed by atoms with Crippen molar-refractivity contribution < 1.29 is 9.72 Å². The van der Waals surface area contributed by atoms with Crippen molar-refractivity contribution in [2.45, 2.75) is 0 Å². The summed E-state index contributed by atoms with van der Waals surface area (Å²) < 4.78 is 0. The Labute approximate surface area is 117 Å². The van der Waals surface area contributed by atoms with Crippen LogP contribution in [-0.4, -0.2) is 27.2 Å². The van der Waals surface area contributed by atoms with Crippen molar-refractivity contribution in [1.82, 2.24) is 15.6 Å². The lowest BCUT2D eigenvalue weighted by Crippen LogP contribution is -2.21. The van der Waals surface area contributed by atoms with Crippen molar-refractivity contribution in [2.24, 2.45) is 5.10 Å². The molecule has 2 rings (SSSR count). The Kier molecular flexibility index (Phi) is 4.14. The van der Waals surface area contributed by atoms with E-state index in [1.54, 1.807) is 0 Å². The molecule has 0 radical (unpaired) electrons. The van der Waals surface area contributed by atoms with Crippen molar-refractivity contribution in [3.63, 3.8) is 0 Å². The minimum absolute atomic E-state index is 0.00968. The highest BCUT2D eigenvalue weighted by Gasteiger charge is 2.05. The molecule has 9 nitrogen and oxygen atoms in total. The van der Waals surface area contributed by atoms with Crippen LogP contribution in [0.4, 0.5) is 5.69 Å². The molecule has 21 heavy (non-hydrogen) atoms. The van der Waals surface area contributed by atoms with Gasteiger partial charge in [0.1, 0.15) is 0 Å². The summed E-state index contributed by atoms with van der Waals surface area (Å²) in [5.41, 5.74) is 2.36. The molecule has 1 aromatic heterocycles. The first-order valence-corrected chi connectivity index (χ1v) is 5.70. The number of aromatic nitrogens is 2. The molecule has 0 saturated carbocycles. The van der Waals surface area contributed by atoms with E-state index in [9.17, 15) is 19.7 Å². The monoisotopic (exact) mass is 287 g/mol. The third-order valence-electron chi connectivity index (χ3n) is 2.40. The molecular formula is C12H9N5O4. The van der Waals surface area contributed by atoms with Gasteiger partial charge in [-0.1, -0.05) is 0 Å². The van der Waals surface area contributed by atoms with Gasteiger partial charge in [-0.2, -0.15) is 10.2 Å². The highest BCUT2D eigenvalue weighted by molar-refractivity contribution is 5.92. The molecule has 2 N–H and O–H groups in total. The maximum atomic E-state index is 11.6. The molecular weight excluding hydrogens is 278 g/mol. The van der Waals surface area contributed by atoms with Crippen molar-refractivity contribution in [1.29, 1.82) is 0 Å².